The Balaban J connectivity index is 1.32. The molecule has 11 heteroatoms. The van der Waals surface area contributed by atoms with E-state index in [1.807, 2.05) is 53.6 Å². The molecule has 2 heterocycles. The number of benzene rings is 3. The first-order chi connectivity index (χ1) is 23.9. The Bertz CT molecular complexity index is 1690. The number of nitrogens with one attached hydrogen (secondary N) is 4. The number of carbonyl (C=O) groups excluding carboxylic acids is 4. The summed E-state index contributed by atoms with van der Waals surface area (Å²) in [6, 6.07) is 23.2. The van der Waals surface area contributed by atoms with Crippen LogP contribution in [0.5, 0.6) is 0 Å². The lowest BCUT2D eigenvalue weighted by Gasteiger charge is -2.35. The van der Waals surface area contributed by atoms with Gasteiger partial charge in [-0.1, -0.05) is 66.7 Å². The van der Waals surface area contributed by atoms with Crippen LogP contribution in [0, 0.1) is 0 Å². The Morgan fingerprint density at radius 1 is 0.796 bits per heavy atom. The van der Waals surface area contributed by atoms with Gasteiger partial charge in [0, 0.05) is 42.2 Å². The molecule has 5 rings (SSSR count). The number of hydrogen-bond donors (Lipinski definition) is 6. The zero-order valence-corrected chi connectivity index (χ0v) is 27.6. The van der Waals surface area contributed by atoms with Crippen molar-refractivity contribution in [3.05, 3.63) is 108 Å². The van der Waals surface area contributed by atoms with Crippen molar-refractivity contribution < 1.29 is 24.3 Å². The molecule has 0 aliphatic carbocycles. The molecule has 4 amide bonds. The molecule has 1 fully saturated rings. The Hall–Kier alpha value is -5.00. The Kier molecular flexibility index (Phi) is 12.5. The van der Waals surface area contributed by atoms with E-state index in [0.717, 1.165) is 29.3 Å². The minimum Gasteiger partial charge on any atom is -0.394 e. The van der Waals surface area contributed by atoms with Crippen molar-refractivity contribution in [3.63, 3.8) is 0 Å². The van der Waals surface area contributed by atoms with E-state index in [1.165, 1.54) is 5.56 Å². The van der Waals surface area contributed by atoms with E-state index >= 15 is 0 Å². The second kappa shape index (κ2) is 17.4. The van der Waals surface area contributed by atoms with Gasteiger partial charge in [0.05, 0.1) is 6.61 Å². The molecule has 0 saturated carbocycles. The normalized spacial score (nSPS) is 15.3. The zero-order valence-electron chi connectivity index (χ0n) is 27.6. The fourth-order valence-corrected chi connectivity index (χ4v) is 6.43. The number of amides is 4. The SMILES string of the molecule is NCCCCC(NC(=O)C(CO)NC(=O)c1ccccc1)C(=O)NC(Cc1c[nH]c2ccccc12)C(=O)N1CCC(c2ccccc2)CC1. The van der Waals surface area contributed by atoms with Gasteiger partial charge in [-0.15, -0.1) is 0 Å². The Labute approximate surface area is 286 Å². The highest BCUT2D eigenvalue weighted by Gasteiger charge is 2.33. The molecule has 258 valence electrons. The van der Waals surface area contributed by atoms with Crippen LogP contribution >= 0.6 is 0 Å². The minimum atomic E-state index is -1.29. The van der Waals surface area contributed by atoms with E-state index in [9.17, 15) is 24.3 Å². The maximum Gasteiger partial charge on any atom is 0.251 e. The number of carbonyl (C=O) groups is 4. The molecule has 7 N–H and O–H groups in total. The van der Waals surface area contributed by atoms with Gasteiger partial charge in [-0.3, -0.25) is 19.2 Å². The summed E-state index contributed by atoms with van der Waals surface area (Å²) < 4.78 is 0. The third kappa shape index (κ3) is 9.33. The van der Waals surface area contributed by atoms with Crippen molar-refractivity contribution in [1.29, 1.82) is 0 Å². The van der Waals surface area contributed by atoms with E-state index in [-0.39, 0.29) is 18.7 Å². The number of aliphatic hydroxyl groups is 1. The maximum atomic E-state index is 14.2. The first-order valence-corrected chi connectivity index (χ1v) is 17.0. The molecule has 1 aliphatic rings. The van der Waals surface area contributed by atoms with Crippen LogP contribution in [0.1, 0.15) is 59.5 Å². The van der Waals surface area contributed by atoms with Crippen LogP contribution in [0.4, 0.5) is 0 Å². The molecule has 11 nitrogen and oxygen atoms in total. The molecule has 49 heavy (non-hydrogen) atoms. The number of para-hydroxylation sites is 1. The molecular weight excluding hydrogens is 620 g/mol. The monoisotopic (exact) mass is 666 g/mol. The zero-order chi connectivity index (χ0) is 34.6. The molecular formula is C38H46N6O5. The van der Waals surface area contributed by atoms with Crippen molar-refractivity contribution in [3.8, 4) is 0 Å². The number of nitrogens with zero attached hydrogens (tertiary/aromatic N) is 1. The lowest BCUT2D eigenvalue weighted by molar-refractivity contribution is -0.138. The van der Waals surface area contributed by atoms with Gasteiger partial charge in [-0.2, -0.15) is 0 Å². The maximum absolute atomic E-state index is 14.2. The van der Waals surface area contributed by atoms with Gasteiger partial charge in [0.15, 0.2) is 0 Å². The summed E-state index contributed by atoms with van der Waals surface area (Å²) in [5.41, 5.74) is 9.13. The van der Waals surface area contributed by atoms with E-state index in [2.05, 4.69) is 33.1 Å². The standard InChI is InChI=1S/C38H46N6O5/c39-20-10-9-17-32(41-37(48)34(25-45)43-35(46)28-13-5-2-6-14-28)36(47)42-33(23-29-24-40-31-16-8-7-15-30(29)31)38(49)44-21-18-27(19-22-44)26-11-3-1-4-12-26/h1-8,11-16,24,27,32-34,40,45H,9-10,17-23,25,39H2,(H,41,48)(H,42,47)(H,43,46). The number of H-pyrrole nitrogens is 1. The van der Waals surface area contributed by atoms with Crippen LogP contribution in [0.25, 0.3) is 10.9 Å². The third-order valence-corrected chi connectivity index (χ3v) is 9.21. The van der Waals surface area contributed by atoms with E-state index < -0.39 is 42.5 Å². The van der Waals surface area contributed by atoms with Crippen LogP contribution in [0.15, 0.2) is 91.1 Å². The Morgan fingerprint density at radius 2 is 1.43 bits per heavy atom. The summed E-state index contributed by atoms with van der Waals surface area (Å²) in [7, 11) is 0. The summed E-state index contributed by atoms with van der Waals surface area (Å²) in [5, 5.41) is 19.2. The van der Waals surface area contributed by atoms with Gasteiger partial charge in [-0.05, 0) is 73.9 Å². The molecule has 3 unspecified atom stereocenters. The van der Waals surface area contributed by atoms with Crippen molar-refractivity contribution in [1.82, 2.24) is 25.8 Å². The number of fused-ring (bicyclic) bond motifs is 1. The smallest absolute Gasteiger partial charge is 0.251 e. The van der Waals surface area contributed by atoms with E-state index in [4.69, 9.17) is 5.73 Å². The molecule has 3 aromatic carbocycles. The number of rotatable bonds is 15. The molecule has 1 aliphatic heterocycles. The number of hydrogen-bond acceptors (Lipinski definition) is 6. The highest BCUT2D eigenvalue weighted by atomic mass is 16.3. The van der Waals surface area contributed by atoms with Crippen LogP contribution < -0.4 is 21.7 Å². The first kappa shape index (κ1) is 35.3. The number of unbranched alkanes of at least 4 members (excludes halogenated alkanes) is 1. The summed E-state index contributed by atoms with van der Waals surface area (Å²) in [5.74, 6) is -1.58. The predicted octanol–water partition coefficient (Wildman–Crippen LogP) is 3.01. The average Bonchev–Trinajstić information content (AvgIpc) is 3.56. The highest BCUT2D eigenvalue weighted by Crippen LogP contribution is 2.28. The average molecular weight is 667 g/mol. The highest BCUT2D eigenvalue weighted by molar-refractivity contribution is 5.99. The third-order valence-electron chi connectivity index (χ3n) is 9.21. The van der Waals surface area contributed by atoms with Crippen LogP contribution in [0.2, 0.25) is 0 Å². The number of likely N-dealkylation sites (tertiary alicyclic amines) is 1. The summed E-state index contributed by atoms with van der Waals surface area (Å²) >= 11 is 0. The van der Waals surface area contributed by atoms with Crippen LogP contribution in [-0.2, 0) is 20.8 Å². The molecule has 0 radical (unpaired) electrons. The number of aromatic nitrogens is 1. The number of nitrogens with two attached hydrogens (primary N) is 1. The van der Waals surface area contributed by atoms with Gasteiger partial charge < -0.3 is 36.7 Å². The van der Waals surface area contributed by atoms with Crippen molar-refractivity contribution in [2.45, 2.75) is 62.6 Å². The van der Waals surface area contributed by atoms with E-state index in [1.54, 1.807) is 30.3 Å². The van der Waals surface area contributed by atoms with Crippen molar-refractivity contribution in [2.24, 2.45) is 5.73 Å². The Morgan fingerprint density at radius 3 is 2.12 bits per heavy atom. The molecule has 0 bridgehead atoms. The summed E-state index contributed by atoms with van der Waals surface area (Å²) in [4.78, 5) is 59.3. The lowest BCUT2D eigenvalue weighted by atomic mass is 9.89. The van der Waals surface area contributed by atoms with Gasteiger partial charge >= 0.3 is 0 Å². The fraction of sp³-hybridized carbons (Fsp3) is 0.368. The first-order valence-electron chi connectivity index (χ1n) is 17.0. The molecule has 4 aromatic rings. The summed E-state index contributed by atoms with van der Waals surface area (Å²) in [6.45, 7) is 0.876. The topological polar surface area (TPSA) is 170 Å². The minimum absolute atomic E-state index is 0.180. The fourth-order valence-electron chi connectivity index (χ4n) is 6.43. The number of aliphatic hydroxyl groups excluding tert-OH is 1. The van der Waals surface area contributed by atoms with Gasteiger partial charge in [0.25, 0.3) is 5.91 Å². The van der Waals surface area contributed by atoms with Gasteiger partial charge in [-0.25, -0.2) is 0 Å². The lowest BCUT2D eigenvalue weighted by Crippen LogP contribution is -2.58. The van der Waals surface area contributed by atoms with Crippen molar-refractivity contribution >= 4 is 34.5 Å². The van der Waals surface area contributed by atoms with Gasteiger partial charge in [0.2, 0.25) is 17.7 Å². The van der Waals surface area contributed by atoms with E-state index in [0.29, 0.717) is 44.0 Å². The number of aromatic amines is 1. The van der Waals surface area contributed by atoms with Crippen molar-refractivity contribution in [2.75, 3.05) is 26.2 Å². The molecule has 0 spiro atoms. The van der Waals surface area contributed by atoms with Gasteiger partial charge in [0.1, 0.15) is 18.1 Å². The largest absolute Gasteiger partial charge is 0.394 e. The second-order valence-corrected chi connectivity index (χ2v) is 12.6. The molecule has 1 saturated heterocycles. The van der Waals surface area contributed by atoms with Crippen LogP contribution in [-0.4, -0.2) is 83.0 Å². The quantitative estimate of drug-likeness (QED) is 0.107. The predicted molar refractivity (Wildman–Crippen MR) is 189 cm³/mol. The summed E-state index contributed by atoms with van der Waals surface area (Å²) in [6.07, 6.45) is 5.18. The second-order valence-electron chi connectivity index (χ2n) is 12.6. The molecule has 3 atom stereocenters. The van der Waals surface area contributed by atoms with Crippen LogP contribution in [0.3, 0.4) is 0 Å². The number of piperidine rings is 1. The molecule has 1 aromatic heterocycles.